The summed E-state index contributed by atoms with van der Waals surface area (Å²) < 4.78 is 2.05. The molecule has 3 heteroatoms. The van der Waals surface area contributed by atoms with Crippen molar-refractivity contribution in [3.05, 3.63) is 18.0 Å². The van der Waals surface area contributed by atoms with E-state index >= 15 is 0 Å². The van der Waals surface area contributed by atoms with Crippen LogP contribution in [-0.4, -0.2) is 21.5 Å². The Bertz CT molecular complexity index is 313. The first kappa shape index (κ1) is 9.71. The van der Waals surface area contributed by atoms with Gasteiger partial charge in [-0.05, 0) is 24.8 Å². The molecule has 0 bridgehead atoms. The summed E-state index contributed by atoms with van der Waals surface area (Å²) in [5, 5.41) is 13.7. The highest BCUT2D eigenvalue weighted by Gasteiger charge is 2.46. The molecule has 0 aromatic carbocycles. The van der Waals surface area contributed by atoms with Crippen LogP contribution in [0.3, 0.4) is 0 Å². The lowest BCUT2D eigenvalue weighted by molar-refractivity contribution is 0.246. The van der Waals surface area contributed by atoms with Gasteiger partial charge in [0.25, 0.3) is 0 Å². The number of nitrogens with zero attached hydrogens (tertiary/aromatic N) is 2. The lowest BCUT2D eigenvalue weighted by Gasteiger charge is -2.15. The molecular formula is C11H18N2O. The zero-order valence-corrected chi connectivity index (χ0v) is 8.90. The Hall–Kier alpha value is -0.830. The summed E-state index contributed by atoms with van der Waals surface area (Å²) in [7, 11) is 0. The molecule has 1 saturated carbocycles. The fourth-order valence-electron chi connectivity index (χ4n) is 1.92. The van der Waals surface area contributed by atoms with Crippen LogP contribution >= 0.6 is 0 Å². The van der Waals surface area contributed by atoms with Crippen LogP contribution in [0.25, 0.3) is 0 Å². The highest BCUT2D eigenvalue weighted by molar-refractivity contribution is 5.24. The predicted molar refractivity (Wildman–Crippen MR) is 55.1 cm³/mol. The summed E-state index contributed by atoms with van der Waals surface area (Å²) in [6, 6.07) is 2.05. The third kappa shape index (κ3) is 1.57. The van der Waals surface area contributed by atoms with Gasteiger partial charge >= 0.3 is 0 Å². The molecule has 1 fully saturated rings. The molecule has 14 heavy (non-hydrogen) atoms. The fraction of sp³-hybridized carbons (Fsp3) is 0.727. The molecule has 0 unspecified atom stereocenters. The minimum Gasteiger partial charge on any atom is -0.395 e. The summed E-state index contributed by atoms with van der Waals surface area (Å²) in [5.74, 6) is 0.600. The van der Waals surface area contributed by atoms with Crippen molar-refractivity contribution in [1.29, 1.82) is 0 Å². The molecule has 0 atom stereocenters. The molecule has 3 nitrogen and oxygen atoms in total. The van der Waals surface area contributed by atoms with Crippen molar-refractivity contribution in [3.8, 4) is 0 Å². The minimum atomic E-state index is 0.0470. The van der Waals surface area contributed by atoms with Gasteiger partial charge in [0.05, 0.1) is 6.61 Å². The maximum absolute atomic E-state index is 9.35. The largest absolute Gasteiger partial charge is 0.395 e. The van der Waals surface area contributed by atoms with Crippen LogP contribution in [0.4, 0.5) is 0 Å². The van der Waals surface area contributed by atoms with Crippen LogP contribution in [0.2, 0.25) is 0 Å². The average molecular weight is 194 g/mol. The molecule has 0 spiro atoms. The van der Waals surface area contributed by atoms with Gasteiger partial charge in [-0.25, -0.2) is 0 Å². The van der Waals surface area contributed by atoms with Crippen LogP contribution < -0.4 is 0 Å². The Balaban J connectivity index is 2.21. The third-order valence-electron chi connectivity index (χ3n) is 2.95. The van der Waals surface area contributed by atoms with E-state index < -0.39 is 0 Å². The average Bonchev–Trinajstić information content (AvgIpc) is 2.81. The summed E-state index contributed by atoms with van der Waals surface area (Å²) >= 11 is 0. The second-order valence-corrected chi connectivity index (χ2v) is 4.73. The number of hydrogen-bond acceptors (Lipinski definition) is 2. The monoisotopic (exact) mass is 194 g/mol. The van der Waals surface area contributed by atoms with E-state index in [1.54, 1.807) is 0 Å². The molecule has 1 aliphatic carbocycles. The topological polar surface area (TPSA) is 38.0 Å². The van der Waals surface area contributed by atoms with E-state index in [1.807, 2.05) is 16.9 Å². The fourth-order valence-corrected chi connectivity index (χ4v) is 1.92. The van der Waals surface area contributed by atoms with Crippen LogP contribution in [-0.2, 0) is 12.0 Å². The van der Waals surface area contributed by atoms with Crippen molar-refractivity contribution >= 4 is 0 Å². The first-order valence-electron chi connectivity index (χ1n) is 5.31. The Morgan fingerprint density at radius 3 is 2.79 bits per heavy atom. The van der Waals surface area contributed by atoms with Gasteiger partial charge in [-0.2, -0.15) is 5.10 Å². The third-order valence-corrected chi connectivity index (χ3v) is 2.95. The number of hydrogen-bond donors (Lipinski definition) is 1. The molecule has 0 aliphatic heterocycles. The molecular weight excluding hydrogens is 176 g/mol. The Kier molecular flexibility index (Phi) is 2.35. The number of rotatable bonds is 4. The van der Waals surface area contributed by atoms with Crippen LogP contribution in [0.5, 0.6) is 0 Å². The molecule has 0 radical (unpaired) electrons. The van der Waals surface area contributed by atoms with Gasteiger partial charge in [0.15, 0.2) is 0 Å². The molecule has 2 rings (SSSR count). The lowest BCUT2D eigenvalue weighted by atomic mass is 10.0. The first-order valence-corrected chi connectivity index (χ1v) is 5.31. The number of aliphatic hydroxyl groups excluding tert-OH is 1. The predicted octanol–water partition coefficient (Wildman–Crippen LogP) is 1.56. The molecule has 1 N–H and O–H groups in total. The first-order chi connectivity index (χ1) is 6.68. The molecule has 1 aromatic heterocycles. The number of aliphatic hydroxyl groups is 1. The molecule has 1 heterocycles. The van der Waals surface area contributed by atoms with E-state index in [2.05, 4.69) is 18.9 Å². The molecule has 1 aliphatic rings. The Morgan fingerprint density at radius 1 is 1.57 bits per heavy atom. The van der Waals surface area contributed by atoms with Crippen LogP contribution in [0, 0.1) is 5.92 Å². The van der Waals surface area contributed by atoms with E-state index in [9.17, 15) is 5.11 Å². The molecule has 78 valence electrons. The van der Waals surface area contributed by atoms with Gasteiger partial charge in [0.2, 0.25) is 0 Å². The van der Waals surface area contributed by atoms with Gasteiger partial charge in [-0.15, -0.1) is 0 Å². The number of aromatic nitrogens is 2. The van der Waals surface area contributed by atoms with Gasteiger partial charge in [-0.3, -0.25) is 4.68 Å². The van der Waals surface area contributed by atoms with Gasteiger partial charge in [0.1, 0.15) is 0 Å². The molecule has 1 aromatic rings. The second kappa shape index (κ2) is 3.39. The second-order valence-electron chi connectivity index (χ2n) is 4.73. The van der Waals surface area contributed by atoms with E-state index in [1.165, 1.54) is 5.69 Å². The highest BCUT2D eigenvalue weighted by atomic mass is 16.3. The smallest absolute Gasteiger partial charge is 0.0542 e. The zero-order valence-electron chi connectivity index (χ0n) is 8.90. The van der Waals surface area contributed by atoms with Crippen molar-refractivity contribution in [2.75, 3.05) is 6.61 Å². The maximum Gasteiger partial charge on any atom is 0.0542 e. The van der Waals surface area contributed by atoms with Crippen molar-refractivity contribution < 1.29 is 5.11 Å². The van der Waals surface area contributed by atoms with Crippen molar-refractivity contribution in [2.45, 2.75) is 38.6 Å². The lowest BCUT2D eigenvalue weighted by Crippen LogP contribution is -2.20. The van der Waals surface area contributed by atoms with Crippen LogP contribution in [0.15, 0.2) is 12.3 Å². The summed E-state index contributed by atoms with van der Waals surface area (Å²) in [4.78, 5) is 0. The summed E-state index contributed by atoms with van der Waals surface area (Å²) in [5.41, 5.74) is 1.26. The van der Waals surface area contributed by atoms with Gasteiger partial charge in [-0.1, -0.05) is 13.8 Å². The van der Waals surface area contributed by atoms with Gasteiger partial charge < -0.3 is 5.11 Å². The normalized spacial score (nSPS) is 18.9. The van der Waals surface area contributed by atoms with Crippen LogP contribution in [0.1, 0.15) is 32.4 Å². The van der Waals surface area contributed by atoms with Crippen molar-refractivity contribution in [3.63, 3.8) is 0 Å². The maximum atomic E-state index is 9.35. The summed E-state index contributed by atoms with van der Waals surface area (Å²) in [6.07, 6.45) is 4.05. The van der Waals surface area contributed by atoms with E-state index in [0.717, 1.165) is 19.4 Å². The van der Waals surface area contributed by atoms with Crippen molar-refractivity contribution in [1.82, 2.24) is 9.78 Å². The highest BCUT2D eigenvalue weighted by Crippen LogP contribution is 2.47. The van der Waals surface area contributed by atoms with Gasteiger partial charge in [0, 0.05) is 23.9 Å². The van der Waals surface area contributed by atoms with E-state index in [-0.39, 0.29) is 12.0 Å². The molecule has 0 saturated heterocycles. The quantitative estimate of drug-likeness (QED) is 0.790. The van der Waals surface area contributed by atoms with E-state index in [0.29, 0.717) is 5.92 Å². The van der Waals surface area contributed by atoms with E-state index in [4.69, 9.17) is 0 Å². The molecule has 0 amide bonds. The Labute approximate surface area is 84.7 Å². The minimum absolute atomic E-state index is 0.0470. The Morgan fingerprint density at radius 2 is 2.29 bits per heavy atom. The SMILES string of the molecule is CC(C)Cn1nccc1C1(CO)CC1. The summed E-state index contributed by atoms with van der Waals surface area (Å²) in [6.45, 7) is 5.58. The standard InChI is InChI=1S/C11H18N2O/c1-9(2)7-13-10(3-6-12-13)11(8-14)4-5-11/h3,6,9,14H,4-5,7-8H2,1-2H3. The zero-order chi connectivity index (χ0) is 10.2. The van der Waals surface area contributed by atoms with Crippen molar-refractivity contribution in [2.24, 2.45) is 5.92 Å².